The van der Waals surface area contributed by atoms with Gasteiger partial charge < -0.3 is 5.11 Å². The summed E-state index contributed by atoms with van der Waals surface area (Å²) in [6, 6.07) is 3.61. The predicted molar refractivity (Wildman–Crippen MR) is 84.0 cm³/mol. The SMILES string of the molecule is Cc1nc(C)c(C(C)N(C)CC(O)c2c(F)cccc2F)s1. The Bertz CT molecular complexity index is 639. The summed E-state index contributed by atoms with van der Waals surface area (Å²) < 4.78 is 27.4. The predicted octanol–water partition coefficient (Wildman–Crippen LogP) is 3.76. The third-order valence-electron chi connectivity index (χ3n) is 3.77. The van der Waals surface area contributed by atoms with Crippen molar-refractivity contribution in [3.8, 4) is 0 Å². The van der Waals surface area contributed by atoms with E-state index >= 15 is 0 Å². The lowest BCUT2D eigenvalue weighted by molar-refractivity contribution is 0.103. The topological polar surface area (TPSA) is 36.4 Å². The number of halogens is 2. The summed E-state index contributed by atoms with van der Waals surface area (Å²) in [5.74, 6) is -1.45. The maximum atomic E-state index is 13.7. The molecule has 0 aliphatic rings. The van der Waals surface area contributed by atoms with E-state index < -0.39 is 17.7 Å². The summed E-state index contributed by atoms with van der Waals surface area (Å²) in [4.78, 5) is 7.36. The first-order valence-corrected chi connectivity index (χ1v) is 7.89. The molecule has 0 saturated carbocycles. The van der Waals surface area contributed by atoms with Crippen molar-refractivity contribution in [2.75, 3.05) is 13.6 Å². The van der Waals surface area contributed by atoms with E-state index in [4.69, 9.17) is 0 Å². The molecule has 0 bridgehead atoms. The number of aliphatic hydroxyl groups excluding tert-OH is 1. The number of hydrogen-bond donors (Lipinski definition) is 1. The molecule has 0 fully saturated rings. The lowest BCUT2D eigenvalue weighted by Crippen LogP contribution is -2.28. The van der Waals surface area contributed by atoms with Gasteiger partial charge in [0.1, 0.15) is 11.6 Å². The Morgan fingerprint density at radius 3 is 2.36 bits per heavy atom. The van der Waals surface area contributed by atoms with Crippen LogP contribution in [0.15, 0.2) is 18.2 Å². The van der Waals surface area contributed by atoms with E-state index in [2.05, 4.69) is 4.98 Å². The average Bonchev–Trinajstić information content (AvgIpc) is 2.76. The van der Waals surface area contributed by atoms with E-state index in [9.17, 15) is 13.9 Å². The molecule has 0 saturated heterocycles. The fraction of sp³-hybridized carbons (Fsp3) is 0.438. The third-order valence-corrected chi connectivity index (χ3v) is 5.02. The van der Waals surface area contributed by atoms with Gasteiger partial charge in [-0.25, -0.2) is 13.8 Å². The van der Waals surface area contributed by atoms with Crippen LogP contribution in [0.4, 0.5) is 8.78 Å². The number of likely N-dealkylation sites (N-methyl/N-ethyl adjacent to an activating group) is 1. The largest absolute Gasteiger partial charge is 0.387 e. The molecule has 1 aromatic carbocycles. The van der Waals surface area contributed by atoms with Crippen LogP contribution in [-0.4, -0.2) is 28.6 Å². The van der Waals surface area contributed by atoms with Gasteiger partial charge in [-0.05, 0) is 40.0 Å². The van der Waals surface area contributed by atoms with E-state index in [1.54, 1.807) is 11.3 Å². The zero-order chi connectivity index (χ0) is 16.4. The smallest absolute Gasteiger partial charge is 0.131 e. The van der Waals surface area contributed by atoms with E-state index in [1.165, 1.54) is 6.07 Å². The second-order valence-electron chi connectivity index (χ2n) is 5.45. The normalized spacial score (nSPS) is 14.4. The molecule has 2 rings (SSSR count). The van der Waals surface area contributed by atoms with Gasteiger partial charge in [-0.3, -0.25) is 4.90 Å². The minimum absolute atomic E-state index is 0.00989. The van der Waals surface area contributed by atoms with Crippen molar-refractivity contribution < 1.29 is 13.9 Å². The zero-order valence-electron chi connectivity index (χ0n) is 13.1. The second-order valence-corrected chi connectivity index (χ2v) is 6.68. The number of rotatable bonds is 5. The number of nitrogens with zero attached hydrogens (tertiary/aromatic N) is 2. The van der Waals surface area contributed by atoms with E-state index in [-0.39, 0.29) is 18.2 Å². The minimum atomic E-state index is -1.22. The molecule has 22 heavy (non-hydrogen) atoms. The molecule has 0 spiro atoms. The fourth-order valence-corrected chi connectivity index (χ4v) is 3.53. The molecule has 2 unspecified atom stereocenters. The van der Waals surface area contributed by atoms with Crippen LogP contribution in [0.3, 0.4) is 0 Å². The summed E-state index contributed by atoms with van der Waals surface area (Å²) in [7, 11) is 1.82. The molecule has 0 amide bonds. The summed E-state index contributed by atoms with van der Waals surface area (Å²) in [5.41, 5.74) is 0.673. The average molecular weight is 326 g/mol. The minimum Gasteiger partial charge on any atom is -0.387 e. The highest BCUT2D eigenvalue weighted by Gasteiger charge is 2.23. The summed E-state index contributed by atoms with van der Waals surface area (Å²) in [6.07, 6.45) is -1.22. The number of aromatic nitrogens is 1. The van der Waals surface area contributed by atoms with Crippen molar-refractivity contribution in [2.24, 2.45) is 0 Å². The molecule has 2 atom stereocenters. The highest BCUT2D eigenvalue weighted by atomic mass is 32.1. The Morgan fingerprint density at radius 2 is 1.86 bits per heavy atom. The number of aliphatic hydroxyl groups is 1. The van der Waals surface area contributed by atoms with Crippen molar-refractivity contribution in [1.82, 2.24) is 9.88 Å². The number of aryl methyl sites for hydroxylation is 2. The number of thiazole rings is 1. The molecule has 120 valence electrons. The molecule has 0 aliphatic carbocycles. The number of hydrogen-bond acceptors (Lipinski definition) is 4. The van der Waals surface area contributed by atoms with Crippen molar-refractivity contribution in [3.63, 3.8) is 0 Å². The first-order chi connectivity index (χ1) is 10.3. The quantitative estimate of drug-likeness (QED) is 0.909. The van der Waals surface area contributed by atoms with Gasteiger partial charge in [0.2, 0.25) is 0 Å². The molecule has 0 radical (unpaired) electrons. The first kappa shape index (κ1) is 17.0. The molecule has 2 aromatic rings. The van der Waals surface area contributed by atoms with Crippen LogP contribution in [0, 0.1) is 25.5 Å². The first-order valence-electron chi connectivity index (χ1n) is 7.07. The highest BCUT2D eigenvalue weighted by molar-refractivity contribution is 7.11. The van der Waals surface area contributed by atoms with Gasteiger partial charge in [-0.2, -0.15) is 0 Å². The molecule has 1 aromatic heterocycles. The summed E-state index contributed by atoms with van der Waals surface area (Å²) in [5, 5.41) is 11.2. The van der Waals surface area contributed by atoms with E-state index in [0.29, 0.717) is 0 Å². The van der Waals surface area contributed by atoms with Gasteiger partial charge in [-0.15, -0.1) is 11.3 Å². The van der Waals surface area contributed by atoms with Gasteiger partial charge in [0.15, 0.2) is 0 Å². The third kappa shape index (κ3) is 3.51. The summed E-state index contributed by atoms with van der Waals surface area (Å²) in [6.45, 7) is 6.01. The van der Waals surface area contributed by atoms with Crippen molar-refractivity contribution in [3.05, 3.63) is 51.0 Å². The number of benzene rings is 1. The van der Waals surface area contributed by atoms with Gasteiger partial charge in [-0.1, -0.05) is 6.07 Å². The lowest BCUT2D eigenvalue weighted by atomic mass is 10.1. The fourth-order valence-electron chi connectivity index (χ4n) is 2.49. The Labute approximate surface area is 133 Å². The van der Waals surface area contributed by atoms with Crippen molar-refractivity contribution in [2.45, 2.75) is 32.9 Å². The van der Waals surface area contributed by atoms with Crippen LogP contribution in [0.2, 0.25) is 0 Å². The maximum absolute atomic E-state index is 13.7. The summed E-state index contributed by atoms with van der Waals surface area (Å²) >= 11 is 1.60. The molecule has 3 nitrogen and oxygen atoms in total. The van der Waals surface area contributed by atoms with Crippen LogP contribution in [0.5, 0.6) is 0 Å². The van der Waals surface area contributed by atoms with E-state index in [1.807, 2.05) is 32.7 Å². The molecule has 0 aliphatic heterocycles. The van der Waals surface area contributed by atoms with Crippen LogP contribution in [-0.2, 0) is 0 Å². The maximum Gasteiger partial charge on any atom is 0.131 e. The van der Waals surface area contributed by atoms with Gasteiger partial charge in [0.05, 0.1) is 22.4 Å². The van der Waals surface area contributed by atoms with Crippen LogP contribution in [0.1, 0.15) is 40.2 Å². The molecule has 6 heteroatoms. The molecular weight excluding hydrogens is 306 g/mol. The molecule has 1 N–H and O–H groups in total. The van der Waals surface area contributed by atoms with E-state index in [0.717, 1.165) is 27.7 Å². The van der Waals surface area contributed by atoms with Crippen molar-refractivity contribution >= 4 is 11.3 Å². The Hall–Kier alpha value is -1.37. The van der Waals surface area contributed by atoms with Crippen LogP contribution in [0.25, 0.3) is 0 Å². The van der Waals surface area contributed by atoms with Crippen LogP contribution >= 0.6 is 11.3 Å². The Morgan fingerprint density at radius 1 is 1.27 bits per heavy atom. The lowest BCUT2D eigenvalue weighted by Gasteiger charge is -2.27. The van der Waals surface area contributed by atoms with Crippen molar-refractivity contribution in [1.29, 1.82) is 0 Å². The Kier molecular flexibility index (Phi) is 5.26. The standard InChI is InChI=1S/C16H20F2N2OS/c1-9-16(22-11(3)19-9)10(2)20(4)8-14(21)15-12(17)6-5-7-13(15)18/h5-7,10,14,21H,8H2,1-4H3. The molecule has 1 heterocycles. The highest BCUT2D eigenvalue weighted by Crippen LogP contribution is 2.30. The van der Waals surface area contributed by atoms with Gasteiger partial charge in [0, 0.05) is 17.5 Å². The second kappa shape index (κ2) is 6.81. The molecular formula is C16H20F2N2OS. The Balaban J connectivity index is 2.14. The monoisotopic (exact) mass is 326 g/mol. The van der Waals surface area contributed by atoms with Crippen LogP contribution < -0.4 is 0 Å². The van der Waals surface area contributed by atoms with Gasteiger partial charge in [0.25, 0.3) is 0 Å². The zero-order valence-corrected chi connectivity index (χ0v) is 13.9. The van der Waals surface area contributed by atoms with Gasteiger partial charge >= 0.3 is 0 Å².